The Kier molecular flexibility index (Phi) is 4.93. The summed E-state index contributed by atoms with van der Waals surface area (Å²) in [6.07, 6.45) is 0.529. The Morgan fingerprint density at radius 1 is 1.19 bits per heavy atom. The number of halogens is 1. The maximum absolute atomic E-state index is 13.9. The zero-order valence-electron chi connectivity index (χ0n) is 11.8. The summed E-state index contributed by atoms with van der Waals surface area (Å²) in [6.45, 7) is 0. The summed E-state index contributed by atoms with van der Waals surface area (Å²) in [7, 11) is 1.46. The molecular weight excluding hydrogens is 271 g/mol. The fraction of sp³-hybridized carbons (Fsp3) is 0.235. The molecular formula is C17H17FO3. The van der Waals surface area contributed by atoms with Crippen molar-refractivity contribution in [2.45, 2.75) is 12.8 Å². The van der Waals surface area contributed by atoms with E-state index in [9.17, 15) is 14.3 Å². The van der Waals surface area contributed by atoms with Crippen LogP contribution in [0.2, 0.25) is 0 Å². The molecule has 0 heterocycles. The van der Waals surface area contributed by atoms with Crippen LogP contribution in [0.5, 0.6) is 5.75 Å². The number of carboxylic acids is 1. The lowest BCUT2D eigenvalue weighted by molar-refractivity contribution is -0.141. The van der Waals surface area contributed by atoms with Gasteiger partial charge in [0.15, 0.2) is 0 Å². The summed E-state index contributed by atoms with van der Waals surface area (Å²) >= 11 is 0. The van der Waals surface area contributed by atoms with E-state index in [0.717, 1.165) is 5.56 Å². The van der Waals surface area contributed by atoms with Crippen molar-refractivity contribution in [2.24, 2.45) is 5.92 Å². The summed E-state index contributed by atoms with van der Waals surface area (Å²) in [5, 5.41) is 9.34. The molecule has 0 fully saturated rings. The Labute approximate surface area is 123 Å². The number of methoxy groups -OCH3 is 1. The van der Waals surface area contributed by atoms with Gasteiger partial charge in [-0.2, -0.15) is 0 Å². The minimum Gasteiger partial charge on any atom is -0.497 e. The number of carbonyl (C=O) groups is 1. The summed E-state index contributed by atoms with van der Waals surface area (Å²) in [4.78, 5) is 11.4. The molecule has 1 unspecified atom stereocenters. The fourth-order valence-electron chi connectivity index (χ4n) is 2.23. The van der Waals surface area contributed by atoms with Crippen molar-refractivity contribution in [3.05, 3.63) is 65.5 Å². The third-order valence-corrected chi connectivity index (χ3v) is 3.40. The average molecular weight is 288 g/mol. The zero-order valence-corrected chi connectivity index (χ0v) is 11.8. The highest BCUT2D eigenvalue weighted by atomic mass is 19.1. The Morgan fingerprint density at radius 3 is 2.48 bits per heavy atom. The van der Waals surface area contributed by atoms with E-state index in [0.29, 0.717) is 17.7 Å². The Bertz CT molecular complexity index is 611. The lowest BCUT2D eigenvalue weighted by Gasteiger charge is -2.13. The Morgan fingerprint density at radius 2 is 1.90 bits per heavy atom. The van der Waals surface area contributed by atoms with Gasteiger partial charge in [0.05, 0.1) is 13.0 Å². The summed E-state index contributed by atoms with van der Waals surface area (Å²) in [5.74, 6) is -1.59. The third kappa shape index (κ3) is 4.05. The van der Waals surface area contributed by atoms with Crippen LogP contribution in [0.25, 0.3) is 0 Å². The van der Waals surface area contributed by atoms with Crippen molar-refractivity contribution >= 4 is 5.97 Å². The van der Waals surface area contributed by atoms with E-state index < -0.39 is 17.7 Å². The van der Waals surface area contributed by atoms with Gasteiger partial charge in [0.25, 0.3) is 0 Å². The van der Waals surface area contributed by atoms with E-state index >= 15 is 0 Å². The van der Waals surface area contributed by atoms with Gasteiger partial charge in [-0.25, -0.2) is 4.39 Å². The molecule has 0 spiro atoms. The second kappa shape index (κ2) is 6.88. The van der Waals surface area contributed by atoms with Gasteiger partial charge in [-0.1, -0.05) is 36.4 Å². The highest BCUT2D eigenvalue weighted by Crippen LogP contribution is 2.21. The van der Waals surface area contributed by atoms with Crippen LogP contribution in [0.3, 0.4) is 0 Å². The Balaban J connectivity index is 2.15. The molecule has 0 aliphatic heterocycles. The second-order valence-corrected chi connectivity index (χ2v) is 4.89. The normalized spacial score (nSPS) is 11.9. The van der Waals surface area contributed by atoms with Crippen LogP contribution in [0.1, 0.15) is 11.1 Å². The van der Waals surface area contributed by atoms with Gasteiger partial charge in [-0.3, -0.25) is 4.79 Å². The molecule has 0 aliphatic rings. The van der Waals surface area contributed by atoms with Crippen molar-refractivity contribution in [1.82, 2.24) is 0 Å². The number of carboxylic acid groups (broad SMARTS) is 1. The van der Waals surface area contributed by atoms with Crippen LogP contribution in [-0.2, 0) is 17.6 Å². The molecule has 2 aromatic rings. The quantitative estimate of drug-likeness (QED) is 0.887. The number of benzene rings is 2. The third-order valence-electron chi connectivity index (χ3n) is 3.40. The van der Waals surface area contributed by atoms with Crippen LogP contribution >= 0.6 is 0 Å². The maximum Gasteiger partial charge on any atom is 0.307 e. The standard InChI is InChI=1S/C17H17FO3/c1-21-15-8-7-13(16(18)11-15)10-14(17(19)20)9-12-5-3-2-4-6-12/h2-8,11,14H,9-10H2,1H3,(H,19,20). The second-order valence-electron chi connectivity index (χ2n) is 4.89. The molecule has 1 N–H and O–H groups in total. The van der Waals surface area contributed by atoms with E-state index in [2.05, 4.69) is 0 Å². The molecule has 110 valence electrons. The molecule has 0 radical (unpaired) electrons. The van der Waals surface area contributed by atoms with Gasteiger partial charge in [-0.05, 0) is 30.0 Å². The molecule has 0 bridgehead atoms. The van der Waals surface area contributed by atoms with Crippen LogP contribution in [-0.4, -0.2) is 18.2 Å². The molecule has 2 aromatic carbocycles. The molecule has 0 amide bonds. The summed E-state index contributed by atoms with van der Waals surface area (Å²) in [5.41, 5.74) is 1.32. The van der Waals surface area contributed by atoms with Crippen molar-refractivity contribution in [1.29, 1.82) is 0 Å². The van der Waals surface area contributed by atoms with Crippen LogP contribution in [0.15, 0.2) is 48.5 Å². The number of hydrogen-bond donors (Lipinski definition) is 1. The molecule has 3 nitrogen and oxygen atoms in total. The maximum atomic E-state index is 13.9. The average Bonchev–Trinajstić information content (AvgIpc) is 2.49. The van der Waals surface area contributed by atoms with E-state index in [1.165, 1.54) is 13.2 Å². The molecule has 21 heavy (non-hydrogen) atoms. The van der Waals surface area contributed by atoms with E-state index in [1.807, 2.05) is 30.3 Å². The topological polar surface area (TPSA) is 46.5 Å². The molecule has 0 aliphatic carbocycles. The number of ether oxygens (including phenoxy) is 1. The number of aliphatic carboxylic acids is 1. The minimum atomic E-state index is -0.922. The monoisotopic (exact) mass is 288 g/mol. The SMILES string of the molecule is COc1ccc(CC(Cc2ccccc2)C(=O)O)c(F)c1. The molecule has 1 atom stereocenters. The van der Waals surface area contributed by atoms with Gasteiger partial charge in [-0.15, -0.1) is 0 Å². The van der Waals surface area contributed by atoms with Crippen molar-refractivity contribution < 1.29 is 19.0 Å². The first-order valence-electron chi connectivity index (χ1n) is 6.69. The largest absolute Gasteiger partial charge is 0.497 e. The van der Waals surface area contributed by atoms with Gasteiger partial charge in [0.2, 0.25) is 0 Å². The predicted octanol–water partition coefficient (Wildman–Crippen LogP) is 3.32. The lowest BCUT2D eigenvalue weighted by atomic mass is 9.92. The first-order chi connectivity index (χ1) is 10.1. The van der Waals surface area contributed by atoms with Gasteiger partial charge >= 0.3 is 5.97 Å². The minimum absolute atomic E-state index is 0.153. The molecule has 2 rings (SSSR count). The summed E-state index contributed by atoms with van der Waals surface area (Å²) < 4.78 is 18.9. The van der Waals surface area contributed by atoms with Gasteiger partial charge in [0.1, 0.15) is 11.6 Å². The molecule has 4 heteroatoms. The summed E-state index contributed by atoms with van der Waals surface area (Å²) in [6, 6.07) is 13.8. The zero-order chi connectivity index (χ0) is 15.2. The van der Waals surface area contributed by atoms with Crippen molar-refractivity contribution in [3.8, 4) is 5.75 Å². The van der Waals surface area contributed by atoms with Crippen LogP contribution < -0.4 is 4.74 Å². The van der Waals surface area contributed by atoms with Crippen LogP contribution in [0.4, 0.5) is 4.39 Å². The fourth-order valence-corrected chi connectivity index (χ4v) is 2.23. The molecule has 0 saturated carbocycles. The predicted molar refractivity (Wildman–Crippen MR) is 77.9 cm³/mol. The van der Waals surface area contributed by atoms with Crippen LogP contribution in [0, 0.1) is 11.7 Å². The van der Waals surface area contributed by atoms with Crippen molar-refractivity contribution in [3.63, 3.8) is 0 Å². The van der Waals surface area contributed by atoms with E-state index in [1.54, 1.807) is 12.1 Å². The molecule has 0 aromatic heterocycles. The van der Waals surface area contributed by atoms with Gasteiger partial charge < -0.3 is 9.84 Å². The smallest absolute Gasteiger partial charge is 0.307 e. The number of hydrogen-bond acceptors (Lipinski definition) is 2. The highest BCUT2D eigenvalue weighted by molar-refractivity contribution is 5.71. The van der Waals surface area contributed by atoms with Gasteiger partial charge in [0, 0.05) is 6.07 Å². The van der Waals surface area contributed by atoms with E-state index in [-0.39, 0.29) is 6.42 Å². The highest BCUT2D eigenvalue weighted by Gasteiger charge is 2.20. The molecule has 0 saturated heterocycles. The first-order valence-corrected chi connectivity index (χ1v) is 6.69. The first kappa shape index (κ1) is 15.0. The lowest BCUT2D eigenvalue weighted by Crippen LogP contribution is -2.19. The van der Waals surface area contributed by atoms with E-state index in [4.69, 9.17) is 4.74 Å². The Hall–Kier alpha value is -2.36. The number of rotatable bonds is 6. The van der Waals surface area contributed by atoms with Crippen molar-refractivity contribution in [2.75, 3.05) is 7.11 Å².